The van der Waals surface area contributed by atoms with Crippen LogP contribution in [0.3, 0.4) is 0 Å². The van der Waals surface area contributed by atoms with Crippen LogP contribution in [-0.4, -0.2) is 37.1 Å². The molecule has 1 aliphatic heterocycles. The first-order chi connectivity index (χ1) is 6.75. The van der Waals surface area contributed by atoms with E-state index in [4.69, 9.17) is 0 Å². The molecule has 1 saturated heterocycles. The quantitative estimate of drug-likeness (QED) is 0.739. The molecular weight excluding hydrogens is 172 g/mol. The van der Waals surface area contributed by atoms with Gasteiger partial charge in [-0.2, -0.15) is 0 Å². The minimum Gasteiger partial charge on any atom is -0.312 e. The molecule has 0 amide bonds. The molecule has 0 aromatic carbocycles. The Morgan fingerprint density at radius 3 is 2.79 bits per heavy atom. The number of piperazine rings is 1. The molecule has 2 aliphatic rings. The van der Waals surface area contributed by atoms with Gasteiger partial charge in [-0.3, -0.25) is 0 Å². The molecular formula is C12H24N2. The Morgan fingerprint density at radius 2 is 2.21 bits per heavy atom. The van der Waals surface area contributed by atoms with Crippen molar-refractivity contribution in [3.63, 3.8) is 0 Å². The van der Waals surface area contributed by atoms with Crippen molar-refractivity contribution in [1.29, 1.82) is 0 Å². The Hall–Kier alpha value is -0.0800. The van der Waals surface area contributed by atoms with Crippen molar-refractivity contribution in [2.75, 3.05) is 26.2 Å². The lowest BCUT2D eigenvalue weighted by molar-refractivity contribution is 0.128. The second-order valence-corrected chi connectivity index (χ2v) is 5.28. The average Bonchev–Trinajstić information content (AvgIpc) is 1.99. The molecule has 0 spiro atoms. The van der Waals surface area contributed by atoms with Crippen molar-refractivity contribution in [2.45, 2.75) is 39.2 Å². The van der Waals surface area contributed by atoms with Crippen LogP contribution >= 0.6 is 0 Å². The van der Waals surface area contributed by atoms with Gasteiger partial charge in [0.1, 0.15) is 0 Å². The summed E-state index contributed by atoms with van der Waals surface area (Å²) in [4.78, 5) is 2.64. The van der Waals surface area contributed by atoms with Gasteiger partial charge in [-0.25, -0.2) is 0 Å². The maximum absolute atomic E-state index is 3.50. The van der Waals surface area contributed by atoms with Crippen LogP contribution in [0.4, 0.5) is 0 Å². The summed E-state index contributed by atoms with van der Waals surface area (Å²) < 4.78 is 0. The minimum atomic E-state index is 0.692. The molecule has 1 saturated carbocycles. The highest BCUT2D eigenvalue weighted by atomic mass is 15.2. The maximum atomic E-state index is 3.50. The second kappa shape index (κ2) is 4.63. The molecule has 0 aromatic heterocycles. The minimum absolute atomic E-state index is 0.692. The average molecular weight is 196 g/mol. The molecule has 1 unspecified atom stereocenters. The van der Waals surface area contributed by atoms with Crippen LogP contribution in [0.5, 0.6) is 0 Å². The monoisotopic (exact) mass is 196 g/mol. The van der Waals surface area contributed by atoms with E-state index in [2.05, 4.69) is 24.1 Å². The van der Waals surface area contributed by atoms with Gasteiger partial charge in [0.05, 0.1) is 0 Å². The number of hydrogen-bond acceptors (Lipinski definition) is 2. The number of rotatable bonds is 3. The van der Waals surface area contributed by atoms with Crippen molar-refractivity contribution >= 4 is 0 Å². The summed E-state index contributed by atoms with van der Waals surface area (Å²) in [5, 5.41) is 3.50. The lowest BCUT2D eigenvalue weighted by Crippen LogP contribution is -2.50. The molecule has 1 heterocycles. The first-order valence-electron chi connectivity index (χ1n) is 6.21. The Kier molecular flexibility index (Phi) is 3.45. The van der Waals surface area contributed by atoms with E-state index < -0.39 is 0 Å². The largest absolute Gasteiger partial charge is 0.312 e. The van der Waals surface area contributed by atoms with Crippen molar-refractivity contribution < 1.29 is 0 Å². The molecule has 0 bridgehead atoms. The number of nitrogens with zero attached hydrogens (tertiary/aromatic N) is 1. The molecule has 2 fully saturated rings. The zero-order valence-electron chi connectivity index (χ0n) is 9.63. The fraction of sp³-hybridized carbons (Fsp3) is 1.00. The highest BCUT2D eigenvalue weighted by molar-refractivity contribution is 4.81. The van der Waals surface area contributed by atoms with Crippen LogP contribution in [0.25, 0.3) is 0 Å². The highest BCUT2D eigenvalue weighted by Crippen LogP contribution is 2.33. The first-order valence-corrected chi connectivity index (χ1v) is 6.21. The second-order valence-electron chi connectivity index (χ2n) is 5.28. The van der Waals surface area contributed by atoms with Gasteiger partial charge in [0, 0.05) is 32.2 Å². The Morgan fingerprint density at radius 1 is 1.43 bits per heavy atom. The van der Waals surface area contributed by atoms with E-state index in [0.717, 1.165) is 11.8 Å². The fourth-order valence-electron chi connectivity index (χ4n) is 2.74. The Balaban J connectivity index is 1.72. The van der Waals surface area contributed by atoms with Crippen LogP contribution < -0.4 is 5.32 Å². The predicted octanol–water partition coefficient (Wildman–Crippen LogP) is 1.72. The zero-order chi connectivity index (χ0) is 9.97. The molecule has 1 N–H and O–H groups in total. The summed E-state index contributed by atoms with van der Waals surface area (Å²) in [6.07, 6.45) is 4.46. The van der Waals surface area contributed by atoms with Gasteiger partial charge >= 0.3 is 0 Å². The molecule has 2 heteroatoms. The summed E-state index contributed by atoms with van der Waals surface area (Å²) in [5.41, 5.74) is 0. The van der Waals surface area contributed by atoms with E-state index >= 15 is 0 Å². The summed E-state index contributed by atoms with van der Waals surface area (Å²) in [7, 11) is 0. The Bertz CT molecular complexity index is 177. The summed E-state index contributed by atoms with van der Waals surface area (Å²) in [5.74, 6) is 1.97. The molecule has 2 rings (SSSR count). The SMILES string of the molecule is CC(CN1CCN[C@@H](C)C1)C1CCC1. The third kappa shape index (κ3) is 2.48. The van der Waals surface area contributed by atoms with Crippen molar-refractivity contribution in [1.82, 2.24) is 10.2 Å². The van der Waals surface area contributed by atoms with Gasteiger partial charge in [-0.1, -0.05) is 26.2 Å². The zero-order valence-corrected chi connectivity index (χ0v) is 9.63. The Labute approximate surface area is 88.1 Å². The van der Waals surface area contributed by atoms with E-state index in [1.54, 1.807) is 0 Å². The third-order valence-corrected chi connectivity index (χ3v) is 3.95. The van der Waals surface area contributed by atoms with Crippen LogP contribution in [0.15, 0.2) is 0 Å². The van der Waals surface area contributed by atoms with E-state index in [1.165, 1.54) is 45.4 Å². The molecule has 1 aliphatic carbocycles. The number of hydrogen-bond donors (Lipinski definition) is 1. The van der Waals surface area contributed by atoms with E-state index in [9.17, 15) is 0 Å². The van der Waals surface area contributed by atoms with Crippen molar-refractivity contribution in [3.05, 3.63) is 0 Å². The molecule has 82 valence electrons. The summed E-state index contributed by atoms with van der Waals surface area (Å²) in [6, 6.07) is 0.692. The molecule has 0 aromatic rings. The van der Waals surface area contributed by atoms with E-state index in [1.807, 2.05) is 0 Å². The van der Waals surface area contributed by atoms with Gasteiger partial charge in [0.2, 0.25) is 0 Å². The topological polar surface area (TPSA) is 15.3 Å². The third-order valence-electron chi connectivity index (χ3n) is 3.95. The van der Waals surface area contributed by atoms with E-state index in [0.29, 0.717) is 6.04 Å². The van der Waals surface area contributed by atoms with Gasteiger partial charge in [0.15, 0.2) is 0 Å². The van der Waals surface area contributed by atoms with Crippen LogP contribution in [-0.2, 0) is 0 Å². The fourth-order valence-corrected chi connectivity index (χ4v) is 2.74. The van der Waals surface area contributed by atoms with Gasteiger partial charge in [-0.05, 0) is 18.8 Å². The number of nitrogens with one attached hydrogen (secondary N) is 1. The molecule has 0 radical (unpaired) electrons. The lowest BCUT2D eigenvalue weighted by atomic mass is 9.76. The van der Waals surface area contributed by atoms with Crippen LogP contribution in [0.2, 0.25) is 0 Å². The first kappa shape index (κ1) is 10.4. The molecule has 2 nitrogen and oxygen atoms in total. The van der Waals surface area contributed by atoms with Gasteiger partial charge < -0.3 is 10.2 Å². The smallest absolute Gasteiger partial charge is 0.0167 e. The van der Waals surface area contributed by atoms with Gasteiger partial charge in [-0.15, -0.1) is 0 Å². The van der Waals surface area contributed by atoms with Crippen LogP contribution in [0.1, 0.15) is 33.1 Å². The summed E-state index contributed by atoms with van der Waals surface area (Å²) in [6.45, 7) is 9.74. The normalized spacial score (nSPS) is 32.6. The standard InChI is InChI=1S/C12H24N2/c1-10(12-4-3-5-12)8-14-7-6-13-11(2)9-14/h10-13H,3-9H2,1-2H3/t10?,11-/m0/s1. The lowest BCUT2D eigenvalue weighted by Gasteiger charge is -2.38. The van der Waals surface area contributed by atoms with Crippen LogP contribution in [0, 0.1) is 11.8 Å². The van der Waals surface area contributed by atoms with E-state index in [-0.39, 0.29) is 0 Å². The van der Waals surface area contributed by atoms with Crippen molar-refractivity contribution in [2.24, 2.45) is 11.8 Å². The van der Waals surface area contributed by atoms with Gasteiger partial charge in [0.25, 0.3) is 0 Å². The van der Waals surface area contributed by atoms with Crippen molar-refractivity contribution in [3.8, 4) is 0 Å². The molecule has 14 heavy (non-hydrogen) atoms. The maximum Gasteiger partial charge on any atom is 0.0167 e. The summed E-state index contributed by atoms with van der Waals surface area (Å²) >= 11 is 0. The predicted molar refractivity (Wildman–Crippen MR) is 60.4 cm³/mol. The molecule has 2 atom stereocenters. The highest BCUT2D eigenvalue weighted by Gasteiger charge is 2.26.